The molecule has 0 spiro atoms. The number of nitrogens with two attached hydrogens (primary N) is 1. The number of rotatable bonds is 2. The molecule has 0 bridgehead atoms. The van der Waals surface area contributed by atoms with E-state index in [0.29, 0.717) is 11.4 Å². The summed E-state index contributed by atoms with van der Waals surface area (Å²) in [4.78, 5) is 0. The zero-order valence-corrected chi connectivity index (χ0v) is 8.47. The molecule has 0 unspecified atom stereocenters. The molecule has 1 rings (SSSR count). The molecule has 0 saturated heterocycles. The Kier molecular flexibility index (Phi) is 2.09. The van der Waals surface area contributed by atoms with Gasteiger partial charge in [0.15, 0.2) is 0 Å². The van der Waals surface area contributed by atoms with Crippen molar-refractivity contribution < 1.29 is 8.76 Å². The maximum Gasteiger partial charge on any atom is 0.0759 e. The summed E-state index contributed by atoms with van der Waals surface area (Å²) < 4.78 is 23.5. The van der Waals surface area contributed by atoms with Crippen molar-refractivity contribution >= 4 is 20.9 Å². The van der Waals surface area contributed by atoms with Crippen molar-refractivity contribution in [1.82, 2.24) is 0 Å². The molecule has 1 aromatic carbocycles. The average Bonchev–Trinajstić information content (AvgIpc) is 1.89. The van der Waals surface area contributed by atoms with E-state index in [1.165, 1.54) is 12.5 Å². The molecule has 13 heavy (non-hydrogen) atoms. The second-order valence-corrected chi connectivity index (χ2v) is 7.19. The minimum Gasteiger partial charge on any atom is -0.397 e. The van der Waals surface area contributed by atoms with Gasteiger partial charge in [-0.05, 0) is 12.1 Å². The first kappa shape index (κ1) is 10.0. The molecule has 0 amide bonds. The zero-order valence-electron chi connectivity index (χ0n) is 7.65. The van der Waals surface area contributed by atoms with Crippen molar-refractivity contribution in [2.24, 2.45) is 0 Å². The predicted octanol–water partition coefficient (Wildman–Crippen LogP) is 1.15. The highest BCUT2D eigenvalue weighted by Gasteiger charge is 2.13. The van der Waals surface area contributed by atoms with Crippen molar-refractivity contribution in [1.29, 1.82) is 0 Å². The van der Waals surface area contributed by atoms with Crippen LogP contribution in [0.1, 0.15) is 0 Å². The third kappa shape index (κ3) is 3.43. The summed E-state index contributed by atoms with van der Waals surface area (Å²) >= 11 is 0. The first-order valence-corrected chi connectivity index (χ1v) is 6.48. The summed E-state index contributed by atoms with van der Waals surface area (Å²) in [5.74, 6) is 0. The standard InChI is InChI=1S/C8H14N2O2S/c1-13(2,11,12)10-8-6-4-3-5-7(8)9/h3-6H,9H2,1-2H3,(H2,10,11,12). The van der Waals surface area contributed by atoms with Gasteiger partial charge in [0, 0.05) is 12.5 Å². The number of hydrogen-bond acceptors (Lipinski definition) is 2. The van der Waals surface area contributed by atoms with E-state index >= 15 is 0 Å². The van der Waals surface area contributed by atoms with E-state index in [-0.39, 0.29) is 0 Å². The molecule has 0 aliphatic carbocycles. The molecule has 1 aromatic rings. The topological polar surface area (TPSA) is 75.3 Å². The molecule has 0 saturated carbocycles. The number of anilines is 2. The van der Waals surface area contributed by atoms with Crippen molar-refractivity contribution in [3.05, 3.63) is 24.3 Å². The third-order valence-corrected chi connectivity index (χ3v) is 2.16. The Morgan fingerprint density at radius 3 is 2.38 bits per heavy atom. The minimum absolute atomic E-state index is 0.458. The second-order valence-electron chi connectivity index (χ2n) is 3.45. The monoisotopic (exact) mass is 202 g/mol. The van der Waals surface area contributed by atoms with Crippen molar-refractivity contribution in [3.63, 3.8) is 0 Å². The quantitative estimate of drug-likeness (QED) is 0.630. The molecule has 0 radical (unpaired) electrons. The van der Waals surface area contributed by atoms with E-state index in [1.807, 2.05) is 0 Å². The SMILES string of the molecule is CS(C)(=O)(O)Nc1ccccc1N. The Morgan fingerprint density at radius 1 is 1.38 bits per heavy atom. The van der Waals surface area contributed by atoms with Gasteiger partial charge in [-0.2, -0.15) is 4.21 Å². The third-order valence-electron chi connectivity index (χ3n) is 1.36. The highest BCUT2D eigenvalue weighted by atomic mass is 32.3. The predicted molar refractivity (Wildman–Crippen MR) is 57.1 cm³/mol. The van der Waals surface area contributed by atoms with Crippen LogP contribution in [-0.2, 0) is 9.53 Å². The van der Waals surface area contributed by atoms with Gasteiger partial charge in [-0.1, -0.05) is 12.1 Å². The van der Waals surface area contributed by atoms with Crippen molar-refractivity contribution in [3.8, 4) is 0 Å². The molecular formula is C8H14N2O2S. The summed E-state index contributed by atoms with van der Waals surface area (Å²) in [5.41, 5.74) is 6.53. The number of nitrogens with one attached hydrogen (secondary N) is 1. The lowest BCUT2D eigenvalue weighted by Gasteiger charge is -2.36. The summed E-state index contributed by atoms with van der Waals surface area (Å²) in [6.07, 6.45) is 2.48. The molecule has 74 valence electrons. The molecule has 0 atom stereocenters. The van der Waals surface area contributed by atoms with Crippen LogP contribution in [-0.4, -0.2) is 21.3 Å². The van der Waals surface area contributed by atoms with Crippen LogP contribution < -0.4 is 10.5 Å². The molecule has 0 aliphatic heterocycles. The maximum atomic E-state index is 11.5. The minimum atomic E-state index is -3.73. The van der Waals surface area contributed by atoms with Gasteiger partial charge >= 0.3 is 0 Å². The van der Waals surface area contributed by atoms with E-state index in [2.05, 4.69) is 4.72 Å². The Bertz CT molecular complexity index is 372. The van der Waals surface area contributed by atoms with E-state index < -0.39 is 9.53 Å². The van der Waals surface area contributed by atoms with Gasteiger partial charge in [-0.15, -0.1) is 9.53 Å². The van der Waals surface area contributed by atoms with Gasteiger partial charge in [-0.25, -0.2) is 0 Å². The Hall–Kier alpha value is -1.07. The maximum absolute atomic E-state index is 11.5. The van der Waals surface area contributed by atoms with Crippen LogP contribution in [0.15, 0.2) is 24.3 Å². The molecule has 0 aromatic heterocycles. The fourth-order valence-electron chi connectivity index (χ4n) is 0.904. The second kappa shape index (κ2) is 2.71. The summed E-state index contributed by atoms with van der Waals surface area (Å²) in [6, 6.07) is 6.84. The van der Waals surface area contributed by atoms with Crippen LogP contribution >= 0.6 is 0 Å². The summed E-state index contributed by atoms with van der Waals surface area (Å²) in [6.45, 7) is 0. The van der Waals surface area contributed by atoms with Crippen LogP contribution in [0, 0.1) is 0 Å². The van der Waals surface area contributed by atoms with Crippen molar-refractivity contribution in [2.75, 3.05) is 23.0 Å². The van der Waals surface area contributed by atoms with Gasteiger partial charge in [0.05, 0.1) is 11.4 Å². The van der Waals surface area contributed by atoms with Gasteiger partial charge in [0.25, 0.3) is 0 Å². The van der Waals surface area contributed by atoms with Gasteiger partial charge in [-0.3, -0.25) is 9.27 Å². The van der Waals surface area contributed by atoms with Crippen molar-refractivity contribution in [2.45, 2.75) is 0 Å². The smallest absolute Gasteiger partial charge is 0.0759 e. The van der Waals surface area contributed by atoms with E-state index in [9.17, 15) is 8.76 Å². The van der Waals surface area contributed by atoms with Crippen LogP contribution in [0.2, 0.25) is 0 Å². The average molecular weight is 202 g/mol. The highest BCUT2D eigenvalue weighted by Crippen LogP contribution is 2.23. The Balaban J connectivity index is 3.01. The van der Waals surface area contributed by atoms with E-state index in [1.54, 1.807) is 24.3 Å². The zero-order chi connectivity index (χ0) is 10.1. The number of hydrogen-bond donors (Lipinski definition) is 3. The van der Waals surface area contributed by atoms with Gasteiger partial charge < -0.3 is 5.73 Å². The van der Waals surface area contributed by atoms with Crippen LogP contribution in [0.4, 0.5) is 11.4 Å². The molecule has 0 aliphatic rings. The molecule has 0 fully saturated rings. The lowest BCUT2D eigenvalue weighted by Crippen LogP contribution is -2.37. The highest BCUT2D eigenvalue weighted by molar-refractivity contribution is 8.15. The number of para-hydroxylation sites is 2. The van der Waals surface area contributed by atoms with Crippen LogP contribution in [0.25, 0.3) is 0 Å². The fraction of sp³-hybridized carbons (Fsp3) is 0.250. The number of nitrogen functional groups attached to an aromatic ring is 1. The first-order chi connectivity index (χ1) is 5.74. The largest absolute Gasteiger partial charge is 0.397 e. The first-order valence-electron chi connectivity index (χ1n) is 3.74. The lowest BCUT2D eigenvalue weighted by atomic mass is 10.3. The summed E-state index contributed by atoms with van der Waals surface area (Å²) in [5, 5.41) is 0. The normalized spacial score (nSPS) is 14.5. The Morgan fingerprint density at radius 2 is 1.92 bits per heavy atom. The molecule has 5 heteroatoms. The van der Waals surface area contributed by atoms with E-state index in [0.717, 1.165) is 0 Å². The Labute approximate surface area is 77.5 Å². The fourth-order valence-corrected chi connectivity index (χ4v) is 1.72. The van der Waals surface area contributed by atoms with Gasteiger partial charge in [0.1, 0.15) is 0 Å². The molecule has 4 nitrogen and oxygen atoms in total. The summed E-state index contributed by atoms with van der Waals surface area (Å²) in [7, 11) is -3.73. The lowest BCUT2D eigenvalue weighted by molar-refractivity contribution is 0.534. The number of benzene rings is 1. The molecule has 0 heterocycles. The molecular weight excluding hydrogens is 188 g/mol. The van der Waals surface area contributed by atoms with Crippen LogP contribution in [0.5, 0.6) is 0 Å². The van der Waals surface area contributed by atoms with E-state index in [4.69, 9.17) is 5.73 Å². The van der Waals surface area contributed by atoms with Crippen LogP contribution in [0.3, 0.4) is 0 Å². The molecule has 4 N–H and O–H groups in total. The van der Waals surface area contributed by atoms with Gasteiger partial charge in [0.2, 0.25) is 0 Å².